The highest BCUT2D eigenvalue weighted by molar-refractivity contribution is 5.82. The number of nitrogens with two attached hydrogens (primary N) is 2. The van der Waals surface area contributed by atoms with E-state index in [0.717, 1.165) is 0 Å². The zero-order valence-electron chi connectivity index (χ0n) is 25.4. The summed E-state index contributed by atoms with van der Waals surface area (Å²) in [5, 5.41) is 61.6. The summed E-state index contributed by atoms with van der Waals surface area (Å²) in [4.78, 5) is 24.4. The topological polar surface area (TPSA) is 279 Å². The minimum atomic E-state index is -1.89. The summed E-state index contributed by atoms with van der Waals surface area (Å²) in [6, 6.07) is 8.78. The van der Waals surface area contributed by atoms with Crippen molar-refractivity contribution < 1.29 is 40.1 Å². The summed E-state index contributed by atoms with van der Waals surface area (Å²) < 4.78 is 14.6. The molecule has 1 aromatic carbocycles. The van der Waals surface area contributed by atoms with Crippen LogP contribution < -0.4 is 11.5 Å². The van der Waals surface area contributed by atoms with E-state index in [1.807, 2.05) is 19.9 Å². The van der Waals surface area contributed by atoms with Gasteiger partial charge >= 0.3 is 0 Å². The molecule has 4 aromatic heterocycles. The van der Waals surface area contributed by atoms with Crippen molar-refractivity contribution in [3.05, 3.63) is 61.2 Å². The molecule has 5 aromatic rings. The van der Waals surface area contributed by atoms with E-state index < -0.39 is 61.3 Å². The van der Waals surface area contributed by atoms with Crippen LogP contribution in [0.15, 0.2) is 55.6 Å². The number of benzene rings is 1. The third kappa shape index (κ3) is 4.88. The van der Waals surface area contributed by atoms with E-state index >= 15 is 0 Å². The molecule has 47 heavy (non-hydrogen) atoms. The number of imidazole rings is 2. The lowest BCUT2D eigenvalue weighted by Crippen LogP contribution is -2.58. The Morgan fingerprint density at radius 3 is 2.00 bits per heavy atom. The van der Waals surface area contributed by atoms with E-state index in [4.69, 9.17) is 26.0 Å². The molecule has 0 aliphatic carbocycles. The largest absolute Gasteiger partial charge is 0.394 e. The molecule has 2 saturated heterocycles. The second kappa shape index (κ2) is 12.3. The predicted molar refractivity (Wildman–Crippen MR) is 164 cm³/mol. The highest BCUT2D eigenvalue weighted by atomic mass is 16.6. The smallest absolute Gasteiger partial charge is 0.185 e. The number of fused-ring (bicyclic) bond motifs is 2. The minimum Gasteiger partial charge on any atom is -0.394 e. The Balaban J connectivity index is 0.000000177. The van der Waals surface area contributed by atoms with Crippen LogP contribution in [0.2, 0.25) is 0 Å². The predicted octanol–water partition coefficient (Wildman–Crippen LogP) is -1.62. The van der Waals surface area contributed by atoms with Gasteiger partial charge in [-0.05, 0) is 5.56 Å². The number of aliphatic hydroxyl groups is 6. The van der Waals surface area contributed by atoms with Crippen molar-refractivity contribution >= 4 is 34.0 Å². The number of hydrogen-bond acceptors (Lipinski definition) is 16. The third-order valence-electron chi connectivity index (χ3n) is 8.73. The van der Waals surface area contributed by atoms with E-state index in [1.165, 1.54) is 29.9 Å². The van der Waals surface area contributed by atoms with Gasteiger partial charge in [0, 0.05) is 5.92 Å². The molecule has 0 radical (unpaired) electrons. The Morgan fingerprint density at radius 1 is 0.809 bits per heavy atom. The lowest BCUT2D eigenvalue weighted by Gasteiger charge is -2.45. The molecule has 10 N–H and O–H groups in total. The van der Waals surface area contributed by atoms with E-state index in [9.17, 15) is 25.5 Å². The fourth-order valence-electron chi connectivity index (χ4n) is 6.43. The third-order valence-corrected chi connectivity index (χ3v) is 8.73. The van der Waals surface area contributed by atoms with Crippen LogP contribution in [0.4, 0.5) is 11.6 Å². The Bertz CT molecular complexity index is 1860. The van der Waals surface area contributed by atoms with Crippen LogP contribution >= 0.6 is 0 Å². The van der Waals surface area contributed by atoms with E-state index in [2.05, 4.69) is 29.9 Å². The molecule has 0 unspecified atom stereocenters. The SMILES string of the molecule is CC(C)[C@@]1(n2cnc3c(N)ncnc32)O[C@H](CO)[C@@H](O)[C@]1(O)c1ccccc1.Nc1ncnc2c1ncn2[C@@H]1O[C@H](CO)[C@@H](O)[C@H]1O. The van der Waals surface area contributed by atoms with Gasteiger partial charge in [0.2, 0.25) is 0 Å². The van der Waals surface area contributed by atoms with Gasteiger partial charge in [-0.1, -0.05) is 44.2 Å². The average Bonchev–Trinajstić information content (AvgIpc) is 3.83. The maximum Gasteiger partial charge on any atom is 0.185 e. The van der Waals surface area contributed by atoms with Crippen molar-refractivity contribution in [2.75, 3.05) is 24.7 Å². The van der Waals surface area contributed by atoms with Crippen LogP contribution in [0.1, 0.15) is 25.6 Å². The molecular formula is C29H36N10O8. The van der Waals surface area contributed by atoms with Gasteiger partial charge in [-0.15, -0.1) is 0 Å². The number of nitrogens with zero attached hydrogens (tertiary/aromatic N) is 8. The lowest BCUT2D eigenvalue weighted by molar-refractivity contribution is -0.225. The normalized spacial score (nSPS) is 30.7. The van der Waals surface area contributed by atoms with Gasteiger partial charge in [-0.2, -0.15) is 0 Å². The first-order valence-electron chi connectivity index (χ1n) is 14.7. The molecule has 250 valence electrons. The van der Waals surface area contributed by atoms with Crippen LogP contribution in [0, 0.1) is 5.92 Å². The number of ether oxygens (including phenoxy) is 2. The number of anilines is 2. The van der Waals surface area contributed by atoms with Gasteiger partial charge in [0.05, 0.1) is 25.9 Å². The van der Waals surface area contributed by atoms with E-state index in [-0.39, 0.29) is 17.6 Å². The number of hydrogen-bond donors (Lipinski definition) is 8. The Morgan fingerprint density at radius 2 is 1.40 bits per heavy atom. The molecule has 8 atom stereocenters. The monoisotopic (exact) mass is 652 g/mol. The number of rotatable bonds is 6. The van der Waals surface area contributed by atoms with Gasteiger partial charge < -0.3 is 51.6 Å². The van der Waals surface area contributed by atoms with Crippen molar-refractivity contribution in [2.45, 2.75) is 61.9 Å². The fraction of sp³-hybridized carbons (Fsp3) is 0.448. The molecule has 6 heterocycles. The maximum absolute atomic E-state index is 12.0. The first-order valence-corrected chi connectivity index (χ1v) is 14.7. The van der Waals surface area contributed by atoms with E-state index in [1.54, 1.807) is 28.8 Å². The van der Waals surface area contributed by atoms with E-state index in [0.29, 0.717) is 27.9 Å². The van der Waals surface area contributed by atoms with Gasteiger partial charge in [-0.3, -0.25) is 9.13 Å². The van der Waals surface area contributed by atoms with Gasteiger partial charge in [0.1, 0.15) is 54.2 Å². The Hall–Kier alpha value is -4.40. The van der Waals surface area contributed by atoms with Crippen LogP contribution in [0.25, 0.3) is 22.3 Å². The van der Waals surface area contributed by atoms with Crippen LogP contribution in [0.3, 0.4) is 0 Å². The maximum atomic E-state index is 12.0. The molecule has 18 heteroatoms. The quantitative estimate of drug-likeness (QED) is 0.102. The molecular weight excluding hydrogens is 616 g/mol. The average molecular weight is 653 g/mol. The zero-order valence-corrected chi connectivity index (χ0v) is 25.4. The molecule has 2 aliphatic heterocycles. The fourth-order valence-corrected chi connectivity index (χ4v) is 6.43. The standard InChI is InChI=1S/C19H23N5O4.C10H13N5O4/c1-11(2)19(24-10-23-14-16(20)21-9-22-17(14)24)18(27,12-6-4-3-5-7-12)15(26)13(8-25)28-19;11-8-5-9(13-2-12-8)15(3-14-5)10-7(18)6(17)4(1-16)19-10/h3-7,9-11,13,15,25-27H,8H2,1-2H3,(H2,20,21,22);2-4,6-7,10,16-18H,1H2,(H2,11,12,13)/t13-,15-,18-,19-;4-,6-,7-,10-/m11/s1. The van der Waals surface area contributed by atoms with Gasteiger partial charge in [0.25, 0.3) is 0 Å². The minimum absolute atomic E-state index is 0.197. The highest BCUT2D eigenvalue weighted by Crippen LogP contribution is 2.54. The number of aliphatic hydroxyl groups excluding tert-OH is 5. The molecule has 18 nitrogen and oxygen atoms in total. The molecule has 2 fully saturated rings. The van der Waals surface area contributed by atoms with Gasteiger partial charge in [0.15, 0.2) is 40.5 Å². The summed E-state index contributed by atoms with van der Waals surface area (Å²) in [6.45, 7) is 2.86. The van der Waals surface area contributed by atoms with Crippen molar-refractivity contribution in [3.63, 3.8) is 0 Å². The molecule has 0 saturated carbocycles. The highest BCUT2D eigenvalue weighted by Gasteiger charge is 2.68. The summed E-state index contributed by atoms with van der Waals surface area (Å²) in [5.74, 6) is 0.0659. The zero-order chi connectivity index (χ0) is 33.7. The molecule has 0 amide bonds. The van der Waals surface area contributed by atoms with Crippen LogP contribution in [-0.2, 0) is 20.8 Å². The summed E-state index contributed by atoms with van der Waals surface area (Å²) in [6.07, 6.45) is -1.05. The molecule has 0 spiro atoms. The van der Waals surface area contributed by atoms with Crippen molar-refractivity contribution in [1.82, 2.24) is 39.0 Å². The Kier molecular flexibility index (Phi) is 8.53. The molecule has 2 aliphatic rings. The second-order valence-electron chi connectivity index (χ2n) is 11.6. The lowest BCUT2D eigenvalue weighted by atomic mass is 9.74. The van der Waals surface area contributed by atoms with Crippen molar-refractivity contribution in [2.24, 2.45) is 5.92 Å². The van der Waals surface area contributed by atoms with Crippen molar-refractivity contribution in [1.29, 1.82) is 0 Å². The summed E-state index contributed by atoms with van der Waals surface area (Å²) in [5.41, 5.74) is 10.2. The Labute approximate surface area is 266 Å². The van der Waals surface area contributed by atoms with Gasteiger partial charge in [-0.25, -0.2) is 29.9 Å². The van der Waals surface area contributed by atoms with Crippen LogP contribution in [0.5, 0.6) is 0 Å². The van der Waals surface area contributed by atoms with Crippen molar-refractivity contribution in [3.8, 4) is 0 Å². The number of nitrogen functional groups attached to an aromatic ring is 2. The summed E-state index contributed by atoms with van der Waals surface area (Å²) >= 11 is 0. The first-order chi connectivity index (χ1) is 22.5. The first kappa shape index (κ1) is 32.5. The molecule has 7 rings (SSSR count). The second-order valence-corrected chi connectivity index (χ2v) is 11.6. The molecule has 0 bridgehead atoms. The summed E-state index contributed by atoms with van der Waals surface area (Å²) in [7, 11) is 0. The van der Waals surface area contributed by atoms with Crippen LogP contribution in [-0.4, -0.2) is 113 Å². The number of aromatic nitrogens is 8.